The number of carbonyl (C=O) groups is 1. The quantitative estimate of drug-likeness (QED) is 0.603. The van der Waals surface area contributed by atoms with Crippen LogP contribution >= 0.6 is 27.5 Å². The van der Waals surface area contributed by atoms with Crippen LogP contribution in [0.25, 0.3) is 0 Å². The molecule has 0 saturated carbocycles. The summed E-state index contributed by atoms with van der Waals surface area (Å²) in [6, 6.07) is 9.11. The zero-order valence-electron chi connectivity index (χ0n) is 10.5. The Hall–Kier alpha value is -0.900. The van der Waals surface area contributed by atoms with Gasteiger partial charge in [0, 0.05) is 16.7 Å². The van der Waals surface area contributed by atoms with Crippen molar-refractivity contribution in [2.75, 3.05) is 6.61 Å². The van der Waals surface area contributed by atoms with Crippen molar-refractivity contribution in [1.82, 2.24) is 0 Å². The number of alkyl halides is 1. The molecule has 1 aliphatic carbocycles. The van der Waals surface area contributed by atoms with Crippen molar-refractivity contribution in [3.63, 3.8) is 0 Å². The van der Waals surface area contributed by atoms with Crippen molar-refractivity contribution in [3.05, 3.63) is 58.6 Å². The molecule has 0 saturated heterocycles. The van der Waals surface area contributed by atoms with Crippen LogP contribution in [-0.4, -0.2) is 17.5 Å². The highest BCUT2D eigenvalue weighted by molar-refractivity contribution is 9.11. The summed E-state index contributed by atoms with van der Waals surface area (Å²) in [4.78, 5) is 12.6. The Morgan fingerprint density at radius 1 is 1.42 bits per heavy atom. The third-order valence-electron chi connectivity index (χ3n) is 2.93. The molecule has 0 radical (unpaired) electrons. The number of rotatable bonds is 4. The fourth-order valence-electron chi connectivity index (χ4n) is 2.02. The molecule has 2 rings (SSSR count). The monoisotopic (exact) mass is 340 g/mol. The summed E-state index contributed by atoms with van der Waals surface area (Å²) in [7, 11) is 0. The van der Waals surface area contributed by atoms with E-state index in [9.17, 15) is 4.79 Å². The molecular formula is C15H14BrClO2. The number of ether oxygens (including phenoxy) is 1. The smallest absolute Gasteiger partial charge is 0.174 e. The normalized spacial score (nSPS) is 26.1. The van der Waals surface area contributed by atoms with Gasteiger partial charge in [0.15, 0.2) is 10.8 Å². The van der Waals surface area contributed by atoms with Gasteiger partial charge in [-0.15, -0.1) is 0 Å². The molecule has 0 aliphatic heterocycles. The van der Waals surface area contributed by atoms with Gasteiger partial charge >= 0.3 is 0 Å². The molecule has 0 amide bonds. The Bertz CT molecular complexity index is 524. The Morgan fingerprint density at radius 3 is 2.74 bits per heavy atom. The molecule has 1 aliphatic rings. The first-order valence-electron chi connectivity index (χ1n) is 6.05. The van der Waals surface area contributed by atoms with Crippen molar-refractivity contribution in [2.45, 2.75) is 12.0 Å². The Morgan fingerprint density at radius 2 is 2.11 bits per heavy atom. The maximum absolute atomic E-state index is 12.6. The molecule has 2 atom stereocenters. The minimum atomic E-state index is -1.11. The predicted octanol–water partition coefficient (Wildman–Crippen LogP) is 4.31. The topological polar surface area (TPSA) is 26.3 Å². The standard InChI is InChI=1S/C15H14BrClO2/c1-2-19-15(17)9-8-12(16)10-13(15)14(18)11-6-4-3-5-7-11/h3-10,13H,2H2,1H3. The van der Waals surface area contributed by atoms with Crippen LogP contribution < -0.4 is 0 Å². The highest BCUT2D eigenvalue weighted by Gasteiger charge is 2.41. The lowest BCUT2D eigenvalue weighted by Gasteiger charge is -2.32. The number of hydrogen-bond acceptors (Lipinski definition) is 2. The summed E-state index contributed by atoms with van der Waals surface area (Å²) in [5.74, 6) is -0.596. The average Bonchev–Trinajstić information content (AvgIpc) is 2.42. The third-order valence-corrected chi connectivity index (χ3v) is 3.92. The van der Waals surface area contributed by atoms with Gasteiger partial charge in [0.25, 0.3) is 0 Å². The van der Waals surface area contributed by atoms with Crippen LogP contribution in [0, 0.1) is 5.92 Å². The number of halogens is 2. The van der Waals surface area contributed by atoms with Crippen molar-refractivity contribution >= 4 is 33.3 Å². The lowest BCUT2D eigenvalue weighted by Crippen LogP contribution is -2.38. The first-order valence-corrected chi connectivity index (χ1v) is 7.22. The first-order chi connectivity index (χ1) is 9.07. The summed E-state index contributed by atoms with van der Waals surface area (Å²) in [6.45, 7) is 2.30. The van der Waals surface area contributed by atoms with E-state index in [1.54, 1.807) is 30.4 Å². The summed E-state index contributed by atoms with van der Waals surface area (Å²) in [5, 5.41) is -1.11. The van der Waals surface area contributed by atoms with Crippen molar-refractivity contribution in [1.29, 1.82) is 0 Å². The molecule has 1 aromatic carbocycles. The minimum absolute atomic E-state index is 0.0506. The van der Waals surface area contributed by atoms with E-state index in [0.29, 0.717) is 12.2 Å². The van der Waals surface area contributed by atoms with Gasteiger partial charge in [-0.05, 0) is 19.1 Å². The molecule has 0 N–H and O–H groups in total. The van der Waals surface area contributed by atoms with Crippen LogP contribution in [0.1, 0.15) is 17.3 Å². The van der Waals surface area contributed by atoms with Crippen LogP contribution in [0.4, 0.5) is 0 Å². The lowest BCUT2D eigenvalue weighted by atomic mass is 9.89. The molecule has 0 bridgehead atoms. The fraction of sp³-hybridized carbons (Fsp3) is 0.267. The molecule has 2 unspecified atom stereocenters. The van der Waals surface area contributed by atoms with E-state index in [-0.39, 0.29) is 5.78 Å². The van der Waals surface area contributed by atoms with Gasteiger partial charge in [-0.3, -0.25) is 4.79 Å². The highest BCUT2D eigenvalue weighted by atomic mass is 79.9. The van der Waals surface area contributed by atoms with Crippen molar-refractivity contribution in [2.24, 2.45) is 5.92 Å². The Balaban J connectivity index is 2.35. The van der Waals surface area contributed by atoms with Gasteiger partial charge in [0.2, 0.25) is 0 Å². The second kappa shape index (κ2) is 6.04. The lowest BCUT2D eigenvalue weighted by molar-refractivity contribution is 0.0311. The summed E-state index contributed by atoms with van der Waals surface area (Å²) >= 11 is 9.84. The molecule has 2 nitrogen and oxygen atoms in total. The Kier molecular flexibility index (Phi) is 4.61. The number of allylic oxidation sites excluding steroid dienone is 2. The van der Waals surface area contributed by atoms with E-state index in [1.165, 1.54) is 0 Å². The molecule has 0 heterocycles. The number of ketones is 1. The van der Waals surface area contributed by atoms with Gasteiger partial charge in [-0.25, -0.2) is 0 Å². The summed E-state index contributed by atoms with van der Waals surface area (Å²) < 4.78 is 6.40. The molecule has 19 heavy (non-hydrogen) atoms. The Labute approximate surface area is 126 Å². The van der Waals surface area contributed by atoms with Gasteiger partial charge in [0.05, 0.1) is 5.92 Å². The number of Topliss-reactive ketones (excluding diaryl/α,β-unsaturated/α-hetero) is 1. The second-order valence-electron chi connectivity index (χ2n) is 4.22. The fourth-order valence-corrected chi connectivity index (χ4v) is 2.75. The van der Waals surface area contributed by atoms with E-state index >= 15 is 0 Å². The van der Waals surface area contributed by atoms with Gasteiger partial charge in [-0.2, -0.15) is 0 Å². The molecule has 0 fully saturated rings. The van der Waals surface area contributed by atoms with E-state index in [0.717, 1.165) is 4.48 Å². The van der Waals surface area contributed by atoms with Crippen molar-refractivity contribution < 1.29 is 9.53 Å². The summed E-state index contributed by atoms with van der Waals surface area (Å²) in [5.41, 5.74) is 0.629. The highest BCUT2D eigenvalue weighted by Crippen LogP contribution is 2.37. The largest absolute Gasteiger partial charge is 0.355 e. The van der Waals surface area contributed by atoms with Crippen molar-refractivity contribution in [3.8, 4) is 0 Å². The van der Waals surface area contributed by atoms with Crippen LogP contribution in [-0.2, 0) is 4.74 Å². The van der Waals surface area contributed by atoms with Gasteiger partial charge < -0.3 is 4.74 Å². The molecule has 1 aromatic rings. The van der Waals surface area contributed by atoms with Crippen LogP contribution in [0.15, 0.2) is 53.0 Å². The predicted molar refractivity (Wildman–Crippen MR) is 80.6 cm³/mol. The first kappa shape index (κ1) is 14.5. The van der Waals surface area contributed by atoms with E-state index in [4.69, 9.17) is 16.3 Å². The second-order valence-corrected chi connectivity index (χ2v) is 5.73. The van der Waals surface area contributed by atoms with E-state index < -0.39 is 11.0 Å². The molecule has 100 valence electrons. The molecule has 0 aromatic heterocycles. The maximum Gasteiger partial charge on any atom is 0.174 e. The third kappa shape index (κ3) is 3.16. The zero-order valence-corrected chi connectivity index (χ0v) is 12.8. The summed E-state index contributed by atoms with van der Waals surface area (Å²) in [6.07, 6.45) is 5.31. The molecule has 0 spiro atoms. The van der Waals surface area contributed by atoms with Crippen LogP contribution in [0.2, 0.25) is 0 Å². The molecule has 4 heteroatoms. The van der Waals surface area contributed by atoms with Crippen LogP contribution in [0.3, 0.4) is 0 Å². The van der Waals surface area contributed by atoms with Crippen LogP contribution in [0.5, 0.6) is 0 Å². The SMILES string of the molecule is CCOC1(Cl)C=CC(Br)=CC1C(=O)c1ccccc1. The zero-order chi connectivity index (χ0) is 13.9. The van der Waals surface area contributed by atoms with E-state index in [2.05, 4.69) is 15.9 Å². The average molecular weight is 342 g/mol. The minimum Gasteiger partial charge on any atom is -0.355 e. The van der Waals surface area contributed by atoms with Gasteiger partial charge in [0.1, 0.15) is 0 Å². The van der Waals surface area contributed by atoms with E-state index in [1.807, 2.05) is 25.1 Å². The number of hydrogen-bond donors (Lipinski definition) is 0. The number of carbonyl (C=O) groups excluding carboxylic acids is 1. The molecular weight excluding hydrogens is 328 g/mol. The number of benzene rings is 1. The van der Waals surface area contributed by atoms with Gasteiger partial charge in [-0.1, -0.05) is 63.9 Å². The maximum atomic E-state index is 12.6.